The molecule has 0 radical (unpaired) electrons. The van der Waals surface area contributed by atoms with E-state index in [0.717, 1.165) is 19.3 Å². The van der Waals surface area contributed by atoms with E-state index in [-0.39, 0.29) is 17.1 Å². The van der Waals surface area contributed by atoms with Crippen molar-refractivity contribution in [3.8, 4) is 0 Å². The highest BCUT2D eigenvalue weighted by molar-refractivity contribution is 6.74. The fourth-order valence-corrected chi connectivity index (χ4v) is 6.02. The van der Waals surface area contributed by atoms with Crippen molar-refractivity contribution in [2.75, 3.05) is 13.2 Å². The van der Waals surface area contributed by atoms with Gasteiger partial charge in [0.1, 0.15) is 6.29 Å². The molecular weight excluding hydrogens is 350 g/mol. The molecule has 1 aliphatic heterocycles. The molecule has 1 aliphatic rings. The average molecular weight is 388 g/mol. The van der Waals surface area contributed by atoms with Gasteiger partial charge in [-0.15, -0.1) is 0 Å². The maximum absolute atomic E-state index is 11.2. The first-order valence-electron chi connectivity index (χ1n) is 10.2. The number of carbonyl (C=O) groups is 1. The molecule has 0 unspecified atom stereocenters. The van der Waals surface area contributed by atoms with E-state index in [0.29, 0.717) is 18.9 Å². The first kappa shape index (κ1) is 22.1. The third-order valence-corrected chi connectivity index (χ3v) is 11.5. The van der Waals surface area contributed by atoms with Gasteiger partial charge in [-0.1, -0.05) is 70.2 Å². The Morgan fingerprint density at radius 1 is 1.22 bits per heavy atom. The van der Waals surface area contributed by atoms with Crippen LogP contribution in [0.2, 0.25) is 18.1 Å². The maximum atomic E-state index is 11.2. The van der Waals surface area contributed by atoms with Crippen LogP contribution in [0.4, 0.5) is 0 Å². The van der Waals surface area contributed by atoms with Gasteiger partial charge in [0.25, 0.3) is 0 Å². The quantitative estimate of drug-likeness (QED) is 0.313. The van der Waals surface area contributed by atoms with E-state index in [9.17, 15) is 4.79 Å². The van der Waals surface area contributed by atoms with Crippen molar-refractivity contribution in [2.45, 2.75) is 70.8 Å². The summed E-state index contributed by atoms with van der Waals surface area (Å²) in [6.45, 7) is 15.5. The van der Waals surface area contributed by atoms with E-state index in [4.69, 9.17) is 4.43 Å². The normalized spacial score (nSPS) is 20.0. The van der Waals surface area contributed by atoms with E-state index < -0.39 is 8.32 Å². The third-order valence-electron chi connectivity index (χ3n) is 6.91. The molecule has 0 aliphatic carbocycles. The lowest BCUT2D eigenvalue weighted by Crippen LogP contribution is -2.48. The molecule has 0 aromatic heterocycles. The van der Waals surface area contributed by atoms with Gasteiger partial charge in [0, 0.05) is 19.0 Å². The minimum absolute atomic E-state index is 0.177. The first-order chi connectivity index (χ1) is 12.7. The van der Waals surface area contributed by atoms with Gasteiger partial charge in [0.05, 0.1) is 12.6 Å². The Labute approximate surface area is 166 Å². The van der Waals surface area contributed by atoms with E-state index in [1.54, 1.807) is 0 Å². The highest BCUT2D eigenvalue weighted by atomic mass is 28.4. The fourth-order valence-electron chi connectivity index (χ4n) is 3.69. The third kappa shape index (κ3) is 5.18. The van der Waals surface area contributed by atoms with Crippen LogP contribution in [-0.4, -0.2) is 38.7 Å². The smallest absolute Gasteiger partial charge is 0.192 e. The molecule has 3 nitrogen and oxygen atoms in total. The Bertz CT molecular complexity index is 625. The van der Waals surface area contributed by atoms with Gasteiger partial charge in [-0.2, -0.15) is 0 Å². The van der Waals surface area contributed by atoms with Crippen LogP contribution in [0.5, 0.6) is 0 Å². The summed E-state index contributed by atoms with van der Waals surface area (Å²) in [4.78, 5) is 13.7. The second-order valence-corrected chi connectivity index (χ2v) is 13.7. The van der Waals surface area contributed by atoms with E-state index in [2.05, 4.69) is 88.2 Å². The summed E-state index contributed by atoms with van der Waals surface area (Å²) in [6, 6.07) is 11.1. The second-order valence-electron chi connectivity index (χ2n) is 9.08. The molecule has 4 heteroatoms. The van der Waals surface area contributed by atoms with E-state index >= 15 is 0 Å². The maximum Gasteiger partial charge on any atom is 0.192 e. The fraction of sp³-hybridized carbons (Fsp3) is 0.609. The lowest BCUT2D eigenvalue weighted by Gasteiger charge is -2.45. The van der Waals surface area contributed by atoms with Gasteiger partial charge in [0.15, 0.2) is 8.32 Å². The Balaban J connectivity index is 2.26. The van der Waals surface area contributed by atoms with Crippen LogP contribution in [0.3, 0.4) is 0 Å². The summed E-state index contributed by atoms with van der Waals surface area (Å²) in [5.41, 5.74) is 1.27. The zero-order valence-electron chi connectivity index (χ0n) is 17.9. The van der Waals surface area contributed by atoms with E-state index in [1.165, 1.54) is 5.56 Å². The van der Waals surface area contributed by atoms with Crippen molar-refractivity contribution in [3.63, 3.8) is 0 Å². The molecule has 0 saturated carbocycles. The molecule has 0 N–H and O–H groups in total. The summed E-state index contributed by atoms with van der Waals surface area (Å²) >= 11 is 0. The van der Waals surface area contributed by atoms with Gasteiger partial charge in [0.2, 0.25) is 0 Å². The summed E-state index contributed by atoms with van der Waals surface area (Å²) in [5.74, 6) is 0.579. The van der Waals surface area contributed by atoms with Crippen molar-refractivity contribution in [2.24, 2.45) is 5.92 Å². The van der Waals surface area contributed by atoms with Crippen molar-refractivity contribution in [3.05, 3.63) is 48.0 Å². The number of hydrogen-bond acceptors (Lipinski definition) is 3. The SMILES string of the molecule is CC(C)C(C)(C)[Si](C)(C)OC[C@H](c1ccccc1)N1CC=CC[C@H]1CC=O. The molecule has 1 heterocycles. The lowest BCUT2D eigenvalue weighted by atomic mass is 9.98. The highest BCUT2D eigenvalue weighted by Gasteiger charge is 2.44. The predicted molar refractivity (Wildman–Crippen MR) is 116 cm³/mol. The van der Waals surface area contributed by atoms with Gasteiger partial charge in [-0.05, 0) is 36.0 Å². The number of rotatable bonds is 9. The monoisotopic (exact) mass is 387 g/mol. The Hall–Kier alpha value is -1.23. The first-order valence-corrected chi connectivity index (χ1v) is 13.1. The Kier molecular flexibility index (Phi) is 7.61. The minimum atomic E-state index is -1.91. The van der Waals surface area contributed by atoms with Crippen LogP contribution < -0.4 is 0 Å². The summed E-state index contributed by atoms with van der Waals surface area (Å²) in [5, 5.41) is 0.193. The van der Waals surface area contributed by atoms with Crippen LogP contribution >= 0.6 is 0 Å². The molecule has 0 fully saturated rings. The molecule has 0 saturated heterocycles. The van der Waals surface area contributed by atoms with Crippen LogP contribution in [0.1, 0.15) is 52.1 Å². The molecular formula is C23H37NO2Si. The van der Waals surface area contributed by atoms with Crippen LogP contribution in [0, 0.1) is 5.92 Å². The standard InChI is InChI=1S/C23H37NO2Si/c1-19(2)23(3,4)27(5,6)26-18-22(20-12-8-7-9-13-20)24-16-11-10-14-21(24)15-17-25/h7-13,17,19,21-22H,14-16,18H2,1-6H3/t21-,22+/m0/s1. The number of benzene rings is 1. The van der Waals surface area contributed by atoms with Gasteiger partial charge in [-0.25, -0.2) is 0 Å². The number of hydrogen-bond donors (Lipinski definition) is 0. The molecule has 1 aromatic rings. The molecule has 2 rings (SSSR count). The Morgan fingerprint density at radius 2 is 1.89 bits per heavy atom. The van der Waals surface area contributed by atoms with Crippen molar-refractivity contribution in [1.29, 1.82) is 0 Å². The topological polar surface area (TPSA) is 29.5 Å². The molecule has 2 atom stereocenters. The zero-order valence-corrected chi connectivity index (χ0v) is 18.9. The van der Waals surface area contributed by atoms with Crippen molar-refractivity contribution >= 4 is 14.6 Å². The number of carbonyl (C=O) groups excluding carboxylic acids is 1. The van der Waals surface area contributed by atoms with Gasteiger partial charge >= 0.3 is 0 Å². The molecule has 0 bridgehead atoms. The lowest BCUT2D eigenvalue weighted by molar-refractivity contribution is -0.109. The molecule has 150 valence electrons. The molecule has 0 amide bonds. The van der Waals surface area contributed by atoms with Gasteiger partial charge in [-0.3, -0.25) is 4.90 Å². The van der Waals surface area contributed by atoms with Gasteiger partial charge < -0.3 is 9.22 Å². The van der Waals surface area contributed by atoms with Crippen LogP contribution in [0.25, 0.3) is 0 Å². The highest BCUT2D eigenvalue weighted by Crippen LogP contribution is 2.45. The van der Waals surface area contributed by atoms with E-state index in [1.807, 2.05) is 0 Å². The average Bonchev–Trinajstić information content (AvgIpc) is 2.64. The largest absolute Gasteiger partial charge is 0.415 e. The summed E-state index contributed by atoms with van der Waals surface area (Å²) in [6.07, 6.45) is 6.98. The molecule has 27 heavy (non-hydrogen) atoms. The predicted octanol–water partition coefficient (Wildman–Crippen LogP) is 5.61. The zero-order chi connectivity index (χ0) is 20.1. The molecule has 1 aromatic carbocycles. The number of nitrogens with zero attached hydrogens (tertiary/aromatic N) is 1. The summed E-state index contributed by atoms with van der Waals surface area (Å²) in [7, 11) is -1.91. The second kappa shape index (κ2) is 9.31. The Morgan fingerprint density at radius 3 is 2.48 bits per heavy atom. The minimum Gasteiger partial charge on any atom is -0.415 e. The van der Waals surface area contributed by atoms with Crippen LogP contribution in [-0.2, 0) is 9.22 Å². The van der Waals surface area contributed by atoms with Crippen molar-refractivity contribution < 1.29 is 9.22 Å². The van der Waals surface area contributed by atoms with Crippen LogP contribution in [0.15, 0.2) is 42.5 Å². The number of aldehydes is 1. The summed E-state index contributed by atoms with van der Waals surface area (Å²) < 4.78 is 6.74. The molecule has 0 spiro atoms. The van der Waals surface area contributed by atoms with Crippen molar-refractivity contribution in [1.82, 2.24) is 4.90 Å².